The van der Waals surface area contributed by atoms with Crippen molar-refractivity contribution < 1.29 is 8.78 Å². The van der Waals surface area contributed by atoms with Gasteiger partial charge in [-0.3, -0.25) is 0 Å². The molecular formula is C20H19F2N3. The number of guanidine groups is 1. The number of halogens is 2. The van der Waals surface area contributed by atoms with Crippen LogP contribution >= 0.6 is 0 Å². The van der Waals surface area contributed by atoms with Gasteiger partial charge in [0.2, 0.25) is 5.96 Å². The summed E-state index contributed by atoms with van der Waals surface area (Å²) in [5.74, 6) is -0.605. The van der Waals surface area contributed by atoms with Crippen molar-refractivity contribution in [2.45, 2.75) is 13.3 Å². The van der Waals surface area contributed by atoms with E-state index in [1.54, 1.807) is 42.3 Å². The van der Waals surface area contributed by atoms with E-state index in [4.69, 9.17) is 5.73 Å². The van der Waals surface area contributed by atoms with Crippen LogP contribution in [-0.4, -0.2) is 13.0 Å². The van der Waals surface area contributed by atoms with E-state index < -0.39 is 5.82 Å². The Labute approximate surface area is 145 Å². The summed E-state index contributed by atoms with van der Waals surface area (Å²) >= 11 is 0. The minimum atomic E-state index is -0.433. The lowest BCUT2D eigenvalue weighted by Crippen LogP contribution is -2.33. The molecule has 0 aliphatic carbocycles. The predicted molar refractivity (Wildman–Crippen MR) is 99.4 cm³/mol. The molecule has 3 nitrogen and oxygen atoms in total. The number of nitrogens with zero attached hydrogens (tertiary/aromatic N) is 2. The van der Waals surface area contributed by atoms with Gasteiger partial charge < -0.3 is 10.6 Å². The molecule has 0 radical (unpaired) electrons. The van der Waals surface area contributed by atoms with Crippen LogP contribution in [0.15, 0.2) is 59.6 Å². The normalized spacial score (nSPS) is 11.8. The Morgan fingerprint density at radius 1 is 1.00 bits per heavy atom. The van der Waals surface area contributed by atoms with Gasteiger partial charge >= 0.3 is 0 Å². The zero-order valence-electron chi connectivity index (χ0n) is 14.1. The SMILES string of the molecule is CCc1ccc(F)c(N=C(N)N(C)c2ccc(F)c3ccccc23)c1. The molecule has 3 aromatic carbocycles. The van der Waals surface area contributed by atoms with Crippen molar-refractivity contribution in [1.29, 1.82) is 0 Å². The fraction of sp³-hybridized carbons (Fsp3) is 0.150. The van der Waals surface area contributed by atoms with Gasteiger partial charge in [-0.05, 0) is 36.2 Å². The van der Waals surface area contributed by atoms with E-state index in [0.29, 0.717) is 16.5 Å². The first-order chi connectivity index (χ1) is 12.0. The van der Waals surface area contributed by atoms with E-state index in [-0.39, 0.29) is 17.5 Å². The molecule has 128 valence electrons. The van der Waals surface area contributed by atoms with Crippen molar-refractivity contribution in [1.82, 2.24) is 0 Å². The molecule has 3 rings (SSSR count). The number of nitrogens with two attached hydrogens (primary N) is 1. The predicted octanol–water partition coefficient (Wildman–Crippen LogP) is 4.76. The van der Waals surface area contributed by atoms with Gasteiger partial charge in [0.15, 0.2) is 0 Å². The number of anilines is 1. The van der Waals surface area contributed by atoms with Crippen molar-refractivity contribution in [3.8, 4) is 0 Å². The van der Waals surface area contributed by atoms with E-state index in [9.17, 15) is 8.78 Å². The summed E-state index contributed by atoms with van der Waals surface area (Å²) in [5, 5.41) is 1.21. The third-order valence-electron chi connectivity index (χ3n) is 4.21. The van der Waals surface area contributed by atoms with E-state index in [1.165, 1.54) is 12.1 Å². The zero-order chi connectivity index (χ0) is 18.0. The van der Waals surface area contributed by atoms with E-state index >= 15 is 0 Å². The molecule has 0 heterocycles. The maximum absolute atomic E-state index is 14.0. The molecule has 0 atom stereocenters. The topological polar surface area (TPSA) is 41.6 Å². The van der Waals surface area contributed by atoms with Crippen LogP contribution in [0.3, 0.4) is 0 Å². The summed E-state index contributed by atoms with van der Waals surface area (Å²) in [4.78, 5) is 5.85. The second-order valence-corrected chi connectivity index (χ2v) is 5.78. The molecule has 25 heavy (non-hydrogen) atoms. The Bertz CT molecular complexity index is 951. The third-order valence-corrected chi connectivity index (χ3v) is 4.21. The highest BCUT2D eigenvalue weighted by Gasteiger charge is 2.12. The lowest BCUT2D eigenvalue weighted by atomic mass is 10.1. The standard InChI is InChI=1S/C20H19F2N3/c1-3-13-8-9-17(22)18(12-13)24-20(23)25(2)19-11-10-16(21)14-6-4-5-7-15(14)19/h4-12H,3H2,1-2H3,(H2,23,24). The van der Waals surface area contributed by atoms with Gasteiger partial charge in [-0.15, -0.1) is 0 Å². The molecule has 0 aromatic heterocycles. The largest absolute Gasteiger partial charge is 0.369 e. The lowest BCUT2D eigenvalue weighted by Gasteiger charge is -2.20. The molecule has 0 spiro atoms. The Hall–Kier alpha value is -2.95. The summed E-state index contributed by atoms with van der Waals surface area (Å²) in [6.45, 7) is 1.99. The minimum absolute atomic E-state index is 0.129. The van der Waals surface area contributed by atoms with Crippen molar-refractivity contribution in [3.63, 3.8) is 0 Å². The van der Waals surface area contributed by atoms with Crippen LogP contribution in [0.5, 0.6) is 0 Å². The summed E-state index contributed by atoms with van der Waals surface area (Å²) in [5.41, 5.74) is 7.95. The number of benzene rings is 3. The van der Waals surface area contributed by atoms with Crippen LogP contribution in [0.25, 0.3) is 10.8 Å². The molecule has 0 fully saturated rings. The first-order valence-electron chi connectivity index (χ1n) is 8.05. The number of fused-ring (bicyclic) bond motifs is 1. The summed E-state index contributed by atoms with van der Waals surface area (Å²) in [6.07, 6.45) is 0.779. The second kappa shape index (κ2) is 6.89. The molecule has 0 saturated carbocycles. The van der Waals surface area contributed by atoms with Crippen molar-refractivity contribution in [3.05, 3.63) is 71.8 Å². The number of hydrogen-bond acceptors (Lipinski definition) is 1. The second-order valence-electron chi connectivity index (χ2n) is 5.78. The van der Waals surface area contributed by atoms with Gasteiger partial charge in [-0.1, -0.05) is 37.3 Å². The molecule has 3 aromatic rings. The lowest BCUT2D eigenvalue weighted by molar-refractivity contribution is 0.629. The number of hydrogen-bond donors (Lipinski definition) is 1. The molecular weight excluding hydrogens is 320 g/mol. The van der Waals surface area contributed by atoms with Gasteiger partial charge in [0.1, 0.15) is 17.3 Å². The number of aliphatic imine (C=N–C) groups is 1. The van der Waals surface area contributed by atoms with Crippen molar-refractivity contribution in [2.75, 3.05) is 11.9 Å². The summed E-state index contributed by atoms with van der Waals surface area (Å²) < 4.78 is 28.0. The highest BCUT2D eigenvalue weighted by Crippen LogP contribution is 2.28. The molecule has 0 amide bonds. The Kier molecular flexibility index (Phi) is 4.65. The van der Waals surface area contributed by atoms with E-state index in [0.717, 1.165) is 12.0 Å². The zero-order valence-corrected chi connectivity index (χ0v) is 14.1. The minimum Gasteiger partial charge on any atom is -0.369 e. The monoisotopic (exact) mass is 339 g/mol. The molecule has 0 saturated heterocycles. The maximum Gasteiger partial charge on any atom is 0.200 e. The maximum atomic E-state index is 14.0. The molecule has 0 aliphatic rings. The first-order valence-corrected chi connectivity index (χ1v) is 8.05. The fourth-order valence-corrected chi connectivity index (χ4v) is 2.72. The highest BCUT2D eigenvalue weighted by molar-refractivity contribution is 6.04. The summed E-state index contributed by atoms with van der Waals surface area (Å²) in [7, 11) is 1.72. The average molecular weight is 339 g/mol. The van der Waals surface area contributed by atoms with Crippen LogP contribution in [0.1, 0.15) is 12.5 Å². The van der Waals surface area contributed by atoms with Crippen LogP contribution in [0.2, 0.25) is 0 Å². The van der Waals surface area contributed by atoms with Crippen LogP contribution < -0.4 is 10.6 Å². The third kappa shape index (κ3) is 3.31. The van der Waals surface area contributed by atoms with Gasteiger partial charge in [0.05, 0.1) is 5.69 Å². The van der Waals surface area contributed by atoms with Crippen LogP contribution in [0, 0.1) is 11.6 Å². The van der Waals surface area contributed by atoms with Gasteiger partial charge in [0, 0.05) is 17.8 Å². The van der Waals surface area contributed by atoms with Gasteiger partial charge in [-0.25, -0.2) is 13.8 Å². The van der Waals surface area contributed by atoms with Crippen molar-refractivity contribution in [2.24, 2.45) is 10.7 Å². The molecule has 2 N–H and O–H groups in total. The quantitative estimate of drug-likeness (QED) is 0.552. The smallest absolute Gasteiger partial charge is 0.200 e. The van der Waals surface area contributed by atoms with Crippen molar-refractivity contribution >= 4 is 28.1 Å². The van der Waals surface area contributed by atoms with Crippen LogP contribution in [-0.2, 0) is 6.42 Å². The van der Waals surface area contributed by atoms with E-state index in [2.05, 4.69) is 4.99 Å². The molecule has 0 unspecified atom stereocenters. The van der Waals surface area contributed by atoms with Gasteiger partial charge in [-0.2, -0.15) is 0 Å². The molecule has 5 heteroatoms. The molecule has 0 bridgehead atoms. The number of rotatable bonds is 3. The highest BCUT2D eigenvalue weighted by atomic mass is 19.1. The fourth-order valence-electron chi connectivity index (χ4n) is 2.72. The van der Waals surface area contributed by atoms with Gasteiger partial charge in [0.25, 0.3) is 0 Å². The number of aryl methyl sites for hydroxylation is 1. The first kappa shape index (κ1) is 16.9. The van der Waals surface area contributed by atoms with E-state index in [1.807, 2.05) is 19.1 Å². The van der Waals surface area contributed by atoms with Crippen LogP contribution in [0.4, 0.5) is 20.2 Å². The Morgan fingerprint density at radius 3 is 2.40 bits per heavy atom. The Morgan fingerprint density at radius 2 is 1.68 bits per heavy atom. The summed E-state index contributed by atoms with van der Waals surface area (Å²) in [6, 6.07) is 14.9. The Balaban J connectivity index is 2.04. The molecule has 0 aliphatic heterocycles. The average Bonchev–Trinajstić information content (AvgIpc) is 2.63.